The Morgan fingerprint density at radius 1 is 1.14 bits per heavy atom. The number of piperidine rings is 1. The summed E-state index contributed by atoms with van der Waals surface area (Å²) in [5.41, 5.74) is 1.19. The Bertz CT molecular complexity index is 658. The standard InChI is InChI=1S/C21H32N4O3/c1-16(26)23-18-6-5-13-25(15-18)21(27)22-14-20(24-11-3-4-12-24)17-7-9-19(28-2)10-8-17/h7-10,18,20H,3-6,11-15H2,1-2H3,(H,22,27)(H,23,26). The number of carbonyl (C=O) groups is 2. The number of hydrogen-bond donors (Lipinski definition) is 2. The highest BCUT2D eigenvalue weighted by molar-refractivity contribution is 5.75. The minimum Gasteiger partial charge on any atom is -0.497 e. The fourth-order valence-electron chi connectivity index (χ4n) is 4.20. The second-order valence-electron chi connectivity index (χ2n) is 7.70. The first-order valence-corrected chi connectivity index (χ1v) is 10.2. The van der Waals surface area contributed by atoms with Gasteiger partial charge in [-0.3, -0.25) is 9.69 Å². The third-order valence-corrected chi connectivity index (χ3v) is 5.64. The normalized spacial score (nSPS) is 21.2. The molecule has 7 nitrogen and oxygen atoms in total. The molecule has 2 saturated heterocycles. The molecule has 28 heavy (non-hydrogen) atoms. The van der Waals surface area contributed by atoms with Gasteiger partial charge in [-0.15, -0.1) is 0 Å². The van der Waals surface area contributed by atoms with E-state index in [1.807, 2.05) is 17.0 Å². The molecule has 2 heterocycles. The molecule has 0 spiro atoms. The molecule has 154 valence electrons. The Balaban J connectivity index is 1.60. The van der Waals surface area contributed by atoms with Crippen LogP contribution in [0.4, 0.5) is 4.79 Å². The second kappa shape index (κ2) is 9.78. The fraction of sp³-hybridized carbons (Fsp3) is 0.619. The van der Waals surface area contributed by atoms with Crippen molar-refractivity contribution in [1.82, 2.24) is 20.4 Å². The van der Waals surface area contributed by atoms with Crippen LogP contribution in [0, 0.1) is 0 Å². The molecule has 2 fully saturated rings. The number of ether oxygens (including phenoxy) is 1. The summed E-state index contributed by atoms with van der Waals surface area (Å²) in [6.45, 7) is 5.52. The van der Waals surface area contributed by atoms with Crippen LogP contribution in [0.1, 0.15) is 44.2 Å². The number of amides is 3. The molecular weight excluding hydrogens is 356 g/mol. The van der Waals surface area contributed by atoms with E-state index in [0.717, 1.165) is 38.2 Å². The lowest BCUT2D eigenvalue weighted by atomic mass is 10.0. The molecule has 0 bridgehead atoms. The quantitative estimate of drug-likeness (QED) is 0.783. The van der Waals surface area contributed by atoms with Gasteiger partial charge in [-0.05, 0) is 56.5 Å². The zero-order valence-electron chi connectivity index (χ0n) is 16.9. The number of rotatable bonds is 6. The lowest BCUT2D eigenvalue weighted by Crippen LogP contribution is -2.52. The van der Waals surface area contributed by atoms with Crippen LogP contribution in [0.3, 0.4) is 0 Å². The van der Waals surface area contributed by atoms with Crippen molar-refractivity contribution < 1.29 is 14.3 Å². The van der Waals surface area contributed by atoms with Crippen LogP contribution in [-0.4, -0.2) is 67.6 Å². The Morgan fingerprint density at radius 3 is 2.50 bits per heavy atom. The molecule has 2 aliphatic rings. The van der Waals surface area contributed by atoms with Gasteiger partial charge in [0.2, 0.25) is 5.91 Å². The summed E-state index contributed by atoms with van der Waals surface area (Å²) in [5, 5.41) is 6.06. The lowest BCUT2D eigenvalue weighted by Gasteiger charge is -2.34. The highest BCUT2D eigenvalue weighted by Crippen LogP contribution is 2.26. The fourth-order valence-corrected chi connectivity index (χ4v) is 4.20. The molecular formula is C21H32N4O3. The van der Waals surface area contributed by atoms with Gasteiger partial charge in [0.15, 0.2) is 0 Å². The molecule has 3 amide bonds. The van der Waals surface area contributed by atoms with Crippen molar-refractivity contribution in [3.05, 3.63) is 29.8 Å². The predicted octanol–water partition coefficient (Wildman–Crippen LogP) is 2.14. The first-order valence-electron chi connectivity index (χ1n) is 10.2. The topological polar surface area (TPSA) is 73.9 Å². The van der Waals surface area contributed by atoms with Crippen LogP contribution in [0.25, 0.3) is 0 Å². The van der Waals surface area contributed by atoms with Crippen LogP contribution in [0.2, 0.25) is 0 Å². The zero-order chi connectivity index (χ0) is 19.9. The van der Waals surface area contributed by atoms with Crippen molar-refractivity contribution in [2.45, 2.75) is 44.7 Å². The van der Waals surface area contributed by atoms with E-state index < -0.39 is 0 Å². The van der Waals surface area contributed by atoms with E-state index in [2.05, 4.69) is 27.7 Å². The molecule has 0 saturated carbocycles. The number of likely N-dealkylation sites (tertiary alicyclic amines) is 2. The summed E-state index contributed by atoms with van der Waals surface area (Å²) in [5.74, 6) is 0.797. The largest absolute Gasteiger partial charge is 0.497 e. The number of carbonyl (C=O) groups excluding carboxylic acids is 2. The van der Waals surface area contributed by atoms with Crippen LogP contribution in [0.15, 0.2) is 24.3 Å². The molecule has 2 atom stereocenters. The Kier molecular flexibility index (Phi) is 7.14. The molecule has 3 rings (SSSR count). The molecule has 1 aromatic carbocycles. The highest BCUT2D eigenvalue weighted by Gasteiger charge is 2.27. The van der Waals surface area contributed by atoms with E-state index in [9.17, 15) is 9.59 Å². The van der Waals surface area contributed by atoms with Gasteiger partial charge in [-0.25, -0.2) is 4.79 Å². The van der Waals surface area contributed by atoms with E-state index in [-0.39, 0.29) is 24.0 Å². The lowest BCUT2D eigenvalue weighted by molar-refractivity contribution is -0.119. The SMILES string of the molecule is COc1ccc(C(CNC(=O)N2CCCC(NC(C)=O)C2)N2CCCC2)cc1. The van der Waals surface area contributed by atoms with Crippen LogP contribution >= 0.6 is 0 Å². The first kappa shape index (κ1) is 20.5. The third-order valence-electron chi connectivity index (χ3n) is 5.64. The Labute approximate surface area is 167 Å². The molecule has 2 N–H and O–H groups in total. The summed E-state index contributed by atoms with van der Waals surface area (Å²) in [6, 6.07) is 8.28. The maximum atomic E-state index is 12.7. The van der Waals surface area contributed by atoms with Gasteiger partial charge in [0.05, 0.1) is 13.2 Å². The van der Waals surface area contributed by atoms with Crippen molar-refractivity contribution in [3.8, 4) is 5.75 Å². The van der Waals surface area contributed by atoms with E-state index in [4.69, 9.17) is 4.74 Å². The van der Waals surface area contributed by atoms with E-state index >= 15 is 0 Å². The maximum Gasteiger partial charge on any atom is 0.317 e. The molecule has 2 unspecified atom stereocenters. The minimum absolute atomic E-state index is 0.0409. The van der Waals surface area contributed by atoms with E-state index in [1.165, 1.54) is 25.3 Å². The molecule has 0 aliphatic carbocycles. The smallest absolute Gasteiger partial charge is 0.317 e. The maximum absolute atomic E-state index is 12.7. The number of urea groups is 1. The summed E-state index contributed by atoms with van der Waals surface area (Å²) in [4.78, 5) is 28.3. The Hall–Kier alpha value is -2.28. The molecule has 1 aromatic rings. The van der Waals surface area contributed by atoms with Crippen LogP contribution in [-0.2, 0) is 4.79 Å². The van der Waals surface area contributed by atoms with Crippen LogP contribution in [0.5, 0.6) is 5.75 Å². The van der Waals surface area contributed by atoms with Crippen molar-refractivity contribution in [2.24, 2.45) is 0 Å². The highest BCUT2D eigenvalue weighted by atomic mass is 16.5. The van der Waals surface area contributed by atoms with Gasteiger partial charge < -0.3 is 20.3 Å². The minimum atomic E-state index is -0.0484. The molecule has 0 radical (unpaired) electrons. The average molecular weight is 389 g/mol. The van der Waals surface area contributed by atoms with Crippen molar-refractivity contribution in [1.29, 1.82) is 0 Å². The van der Waals surface area contributed by atoms with Crippen molar-refractivity contribution in [2.75, 3.05) is 39.8 Å². The number of nitrogens with zero attached hydrogens (tertiary/aromatic N) is 2. The number of benzene rings is 1. The van der Waals surface area contributed by atoms with E-state index in [1.54, 1.807) is 7.11 Å². The number of methoxy groups -OCH3 is 1. The third kappa shape index (κ3) is 5.38. The predicted molar refractivity (Wildman–Crippen MR) is 108 cm³/mol. The van der Waals surface area contributed by atoms with Gasteiger partial charge in [0.1, 0.15) is 5.75 Å². The zero-order valence-corrected chi connectivity index (χ0v) is 16.9. The van der Waals surface area contributed by atoms with E-state index in [0.29, 0.717) is 13.1 Å². The summed E-state index contributed by atoms with van der Waals surface area (Å²) in [7, 11) is 1.67. The van der Waals surface area contributed by atoms with Crippen LogP contribution < -0.4 is 15.4 Å². The first-order chi connectivity index (χ1) is 13.6. The molecule has 7 heteroatoms. The average Bonchev–Trinajstić information content (AvgIpc) is 3.22. The monoisotopic (exact) mass is 388 g/mol. The van der Waals surface area contributed by atoms with Gasteiger partial charge >= 0.3 is 6.03 Å². The number of hydrogen-bond acceptors (Lipinski definition) is 4. The summed E-state index contributed by atoms with van der Waals surface area (Å²) < 4.78 is 5.27. The summed E-state index contributed by atoms with van der Waals surface area (Å²) in [6.07, 6.45) is 4.23. The van der Waals surface area contributed by atoms with Gasteiger partial charge in [-0.2, -0.15) is 0 Å². The summed E-state index contributed by atoms with van der Waals surface area (Å²) >= 11 is 0. The second-order valence-corrected chi connectivity index (χ2v) is 7.70. The van der Waals surface area contributed by atoms with Gasteiger partial charge in [0.25, 0.3) is 0 Å². The molecule has 0 aromatic heterocycles. The van der Waals surface area contributed by atoms with Crippen molar-refractivity contribution >= 4 is 11.9 Å². The van der Waals surface area contributed by atoms with Crippen molar-refractivity contribution in [3.63, 3.8) is 0 Å². The van der Waals surface area contributed by atoms with Gasteiger partial charge in [0, 0.05) is 32.6 Å². The Morgan fingerprint density at radius 2 is 1.86 bits per heavy atom. The molecule has 2 aliphatic heterocycles. The van der Waals surface area contributed by atoms with Gasteiger partial charge in [-0.1, -0.05) is 12.1 Å². The number of nitrogens with one attached hydrogen (secondary N) is 2.